The van der Waals surface area contributed by atoms with Gasteiger partial charge in [0, 0.05) is 0 Å². The van der Waals surface area contributed by atoms with Gasteiger partial charge in [-0.1, -0.05) is 31.5 Å². The van der Waals surface area contributed by atoms with Crippen molar-refractivity contribution >= 4 is 21.8 Å². The zero-order valence-electron chi connectivity index (χ0n) is 12.4. The average molecular weight is 395 g/mol. The Morgan fingerprint density at radius 1 is 1.00 bits per heavy atom. The van der Waals surface area contributed by atoms with Crippen molar-refractivity contribution in [2.45, 2.75) is 41.9 Å². The van der Waals surface area contributed by atoms with E-state index in [2.05, 4.69) is 0 Å². The summed E-state index contributed by atoms with van der Waals surface area (Å²) in [5.74, 6) is -0.507. The van der Waals surface area contributed by atoms with Crippen LogP contribution in [0.4, 0.5) is 26.3 Å². The summed E-state index contributed by atoms with van der Waals surface area (Å²) in [6, 6.07) is 5.60. The number of benzene rings is 1. The van der Waals surface area contributed by atoms with Gasteiger partial charge < -0.3 is 0 Å². The summed E-state index contributed by atoms with van der Waals surface area (Å²) in [6.07, 6.45) is -11.3. The fourth-order valence-electron chi connectivity index (χ4n) is 1.69. The van der Waals surface area contributed by atoms with Crippen LogP contribution in [-0.4, -0.2) is 31.4 Å². The third kappa shape index (κ3) is 4.57. The Kier molecular flexibility index (Phi) is 6.62. The van der Waals surface area contributed by atoms with Gasteiger partial charge in [0.2, 0.25) is 10.0 Å². The van der Waals surface area contributed by atoms with Crippen LogP contribution in [0, 0.1) is 0 Å². The Morgan fingerprint density at radius 3 is 1.92 bits per heavy atom. The molecule has 24 heavy (non-hydrogen) atoms. The minimum Gasteiger partial charge on any atom is -0.207 e. The molecule has 1 N–H and O–H groups in total. The number of unbranched alkanes of at least 4 members (excludes halogenated alkanes) is 1. The second kappa shape index (κ2) is 7.52. The first kappa shape index (κ1) is 21.1. The lowest BCUT2D eigenvalue weighted by Crippen LogP contribution is -2.65. The van der Waals surface area contributed by atoms with E-state index in [9.17, 15) is 34.8 Å². The van der Waals surface area contributed by atoms with Crippen molar-refractivity contribution in [2.75, 3.05) is 5.75 Å². The fourth-order valence-corrected chi connectivity index (χ4v) is 4.56. The first-order valence-corrected chi connectivity index (χ1v) is 9.20. The number of rotatable bonds is 7. The number of alkyl halides is 6. The molecule has 0 bridgehead atoms. The minimum absolute atomic E-state index is 0.0750. The topological polar surface area (TPSA) is 46.2 Å². The zero-order valence-corrected chi connectivity index (χ0v) is 14.0. The SMILES string of the molecule is CCCCSC(NS(=O)(=O)c1ccccc1)(C(F)(F)F)C(F)(F)F. The highest BCUT2D eigenvalue weighted by molar-refractivity contribution is 8.01. The fraction of sp³-hybridized carbons (Fsp3) is 0.538. The van der Waals surface area contributed by atoms with E-state index >= 15 is 0 Å². The molecule has 1 aromatic rings. The molecule has 0 aliphatic carbocycles. The molecule has 0 aromatic heterocycles. The number of nitrogens with one attached hydrogen (secondary N) is 1. The molecular weight excluding hydrogens is 380 g/mol. The number of hydrogen-bond acceptors (Lipinski definition) is 3. The van der Waals surface area contributed by atoms with Crippen LogP contribution < -0.4 is 4.72 Å². The molecule has 1 aromatic carbocycles. The van der Waals surface area contributed by atoms with Crippen molar-refractivity contribution in [1.82, 2.24) is 4.72 Å². The summed E-state index contributed by atoms with van der Waals surface area (Å²) in [6.45, 7) is 1.59. The predicted molar refractivity (Wildman–Crippen MR) is 79.0 cm³/mol. The monoisotopic (exact) mass is 395 g/mol. The summed E-state index contributed by atoms with van der Waals surface area (Å²) in [5.41, 5.74) is 0. The van der Waals surface area contributed by atoms with Crippen LogP contribution in [0.15, 0.2) is 35.2 Å². The first-order valence-electron chi connectivity index (χ1n) is 6.74. The molecule has 11 heteroatoms. The number of halogens is 6. The van der Waals surface area contributed by atoms with Crippen molar-refractivity contribution in [3.05, 3.63) is 30.3 Å². The molecule has 0 atom stereocenters. The molecule has 0 fully saturated rings. The van der Waals surface area contributed by atoms with Crippen LogP contribution in [0.3, 0.4) is 0 Å². The van der Waals surface area contributed by atoms with Gasteiger partial charge in [-0.15, -0.1) is 11.8 Å². The first-order chi connectivity index (χ1) is 10.9. The van der Waals surface area contributed by atoms with Crippen LogP contribution in [0.1, 0.15) is 19.8 Å². The van der Waals surface area contributed by atoms with Crippen molar-refractivity contribution in [1.29, 1.82) is 0 Å². The molecule has 1 rings (SSSR count). The lowest BCUT2D eigenvalue weighted by Gasteiger charge is -2.36. The Balaban J connectivity index is 3.36. The molecule has 3 nitrogen and oxygen atoms in total. The second-order valence-electron chi connectivity index (χ2n) is 4.80. The van der Waals surface area contributed by atoms with Gasteiger partial charge in [0.25, 0.3) is 4.87 Å². The van der Waals surface area contributed by atoms with Crippen LogP contribution >= 0.6 is 11.8 Å². The summed E-state index contributed by atoms with van der Waals surface area (Å²) in [5, 5.41) is 0. The number of hydrogen-bond donors (Lipinski definition) is 1. The van der Waals surface area contributed by atoms with E-state index in [-0.39, 0.29) is 6.42 Å². The highest BCUT2D eigenvalue weighted by Crippen LogP contribution is 2.51. The van der Waals surface area contributed by atoms with Crippen molar-refractivity contribution in [3.8, 4) is 0 Å². The van der Waals surface area contributed by atoms with Gasteiger partial charge in [0.15, 0.2) is 0 Å². The Hall–Kier alpha value is -0.940. The number of thioether (sulfide) groups is 1. The van der Waals surface area contributed by atoms with E-state index in [0.717, 1.165) is 16.9 Å². The lowest BCUT2D eigenvalue weighted by atomic mass is 10.3. The molecular formula is C13H15F6NO2S2. The standard InChI is InChI=1S/C13H15F6NO2S2/c1-2-3-9-23-11(12(14,15)16,13(17,18)19)20-24(21,22)10-7-5-4-6-8-10/h4-8,20H,2-3,9H2,1H3. The molecule has 0 spiro atoms. The molecule has 0 aliphatic rings. The highest BCUT2D eigenvalue weighted by Gasteiger charge is 2.73. The summed E-state index contributed by atoms with van der Waals surface area (Å²) >= 11 is -0.511. The van der Waals surface area contributed by atoms with Gasteiger partial charge in [-0.3, -0.25) is 0 Å². The van der Waals surface area contributed by atoms with Crippen molar-refractivity contribution in [3.63, 3.8) is 0 Å². The largest absolute Gasteiger partial charge is 0.426 e. The molecule has 0 saturated heterocycles. The smallest absolute Gasteiger partial charge is 0.207 e. The molecule has 0 unspecified atom stereocenters. The Morgan fingerprint density at radius 2 is 1.50 bits per heavy atom. The Bertz CT molecular complexity index is 614. The molecule has 0 amide bonds. The van der Waals surface area contributed by atoms with E-state index < -0.39 is 49.7 Å². The zero-order chi connectivity index (χ0) is 18.6. The maximum absolute atomic E-state index is 13.3. The minimum atomic E-state index is -5.87. The quantitative estimate of drug-likeness (QED) is 0.425. The average Bonchev–Trinajstić information content (AvgIpc) is 2.45. The summed E-state index contributed by atoms with van der Waals surface area (Å²) in [7, 11) is -5.03. The van der Waals surface area contributed by atoms with Gasteiger partial charge in [-0.25, -0.2) is 8.42 Å². The van der Waals surface area contributed by atoms with Gasteiger partial charge in [0.05, 0.1) is 4.90 Å². The van der Waals surface area contributed by atoms with Gasteiger partial charge in [-0.2, -0.15) is 31.1 Å². The van der Waals surface area contributed by atoms with E-state index in [1.807, 2.05) is 0 Å². The molecule has 138 valence electrons. The van der Waals surface area contributed by atoms with Gasteiger partial charge >= 0.3 is 12.4 Å². The predicted octanol–water partition coefficient (Wildman–Crippen LogP) is 4.32. The van der Waals surface area contributed by atoms with E-state index in [4.69, 9.17) is 0 Å². The van der Waals surface area contributed by atoms with Gasteiger partial charge in [-0.05, 0) is 24.3 Å². The van der Waals surface area contributed by atoms with E-state index in [1.165, 1.54) is 18.2 Å². The second-order valence-corrected chi connectivity index (χ2v) is 7.79. The van der Waals surface area contributed by atoms with Crippen LogP contribution in [0.25, 0.3) is 0 Å². The van der Waals surface area contributed by atoms with E-state index in [1.54, 1.807) is 6.92 Å². The molecule has 0 saturated carbocycles. The number of sulfonamides is 1. The van der Waals surface area contributed by atoms with Crippen LogP contribution in [0.2, 0.25) is 0 Å². The summed E-state index contributed by atoms with van der Waals surface area (Å²) in [4.78, 5) is -5.29. The lowest BCUT2D eigenvalue weighted by molar-refractivity contribution is -0.267. The van der Waals surface area contributed by atoms with Crippen molar-refractivity contribution in [2.24, 2.45) is 0 Å². The van der Waals surface area contributed by atoms with Gasteiger partial charge in [0.1, 0.15) is 0 Å². The normalized spacial score (nSPS) is 14.0. The van der Waals surface area contributed by atoms with E-state index in [0.29, 0.717) is 6.42 Å². The highest BCUT2D eigenvalue weighted by atomic mass is 32.2. The summed E-state index contributed by atoms with van der Waals surface area (Å²) < 4.78 is 105. The van der Waals surface area contributed by atoms with Crippen molar-refractivity contribution < 1.29 is 34.8 Å². The van der Waals surface area contributed by atoms with Crippen LogP contribution in [-0.2, 0) is 10.0 Å². The Labute approximate surface area is 139 Å². The maximum atomic E-state index is 13.3. The molecule has 0 heterocycles. The third-order valence-corrected chi connectivity index (χ3v) is 6.03. The molecule has 0 aliphatic heterocycles. The maximum Gasteiger partial charge on any atom is 0.426 e. The third-order valence-electron chi connectivity index (χ3n) is 2.95. The molecule has 0 radical (unpaired) electrons. The van der Waals surface area contributed by atoms with Crippen LogP contribution in [0.5, 0.6) is 0 Å².